The van der Waals surface area contributed by atoms with Gasteiger partial charge in [0.15, 0.2) is 5.54 Å². The highest BCUT2D eigenvalue weighted by molar-refractivity contribution is 6.09. The van der Waals surface area contributed by atoms with Crippen LogP contribution in [0.4, 0.5) is 4.79 Å². The van der Waals surface area contributed by atoms with Crippen LogP contribution in [0.2, 0.25) is 0 Å². The molecule has 2 aromatic carbocycles. The number of carbonyl (C=O) groups is 3. The molecule has 7 heteroatoms. The SMILES string of the molecule is CC(c1ccccc1)N(C)C(=O)CN1C(=O)NC(C)(c2cc3ccccc3o2)C1=O. The highest BCUT2D eigenvalue weighted by Crippen LogP contribution is 2.33. The van der Waals surface area contributed by atoms with Crippen LogP contribution in [0, 0.1) is 0 Å². The molecule has 0 saturated carbocycles. The lowest BCUT2D eigenvalue weighted by Crippen LogP contribution is -2.44. The zero-order valence-electron chi connectivity index (χ0n) is 17.1. The Kier molecular flexibility index (Phi) is 4.81. The van der Waals surface area contributed by atoms with Gasteiger partial charge in [0.2, 0.25) is 5.91 Å². The quantitative estimate of drug-likeness (QED) is 0.660. The fourth-order valence-corrected chi connectivity index (χ4v) is 3.65. The van der Waals surface area contributed by atoms with E-state index in [2.05, 4.69) is 5.32 Å². The molecule has 1 aromatic heterocycles. The number of nitrogens with zero attached hydrogens (tertiary/aromatic N) is 2. The van der Waals surface area contributed by atoms with Crippen LogP contribution in [0.3, 0.4) is 0 Å². The molecule has 3 aromatic rings. The summed E-state index contributed by atoms with van der Waals surface area (Å²) in [6.07, 6.45) is 0. The third kappa shape index (κ3) is 3.22. The van der Waals surface area contributed by atoms with Crippen molar-refractivity contribution in [2.75, 3.05) is 13.6 Å². The highest BCUT2D eigenvalue weighted by atomic mass is 16.3. The van der Waals surface area contributed by atoms with E-state index >= 15 is 0 Å². The molecule has 1 aliphatic rings. The number of hydrogen-bond acceptors (Lipinski definition) is 4. The lowest BCUT2D eigenvalue weighted by Gasteiger charge is -2.27. The molecule has 0 aliphatic carbocycles. The number of carbonyl (C=O) groups excluding carboxylic acids is 3. The third-order valence-corrected chi connectivity index (χ3v) is 5.74. The van der Waals surface area contributed by atoms with Crippen molar-refractivity contribution in [1.29, 1.82) is 0 Å². The predicted octanol–water partition coefficient (Wildman–Crippen LogP) is 3.42. The first-order valence-corrected chi connectivity index (χ1v) is 9.75. The summed E-state index contributed by atoms with van der Waals surface area (Å²) < 4.78 is 5.81. The van der Waals surface area contributed by atoms with Crippen molar-refractivity contribution < 1.29 is 18.8 Å². The topological polar surface area (TPSA) is 82.9 Å². The first kappa shape index (κ1) is 19.7. The van der Waals surface area contributed by atoms with E-state index in [4.69, 9.17) is 4.42 Å². The number of rotatable bonds is 5. The normalized spacial score (nSPS) is 19.8. The number of benzene rings is 2. The summed E-state index contributed by atoms with van der Waals surface area (Å²) >= 11 is 0. The molecule has 2 unspecified atom stereocenters. The molecule has 30 heavy (non-hydrogen) atoms. The number of urea groups is 1. The van der Waals surface area contributed by atoms with Crippen LogP contribution in [-0.2, 0) is 15.1 Å². The number of imide groups is 1. The Hall–Kier alpha value is -3.61. The van der Waals surface area contributed by atoms with Gasteiger partial charge in [-0.2, -0.15) is 0 Å². The van der Waals surface area contributed by atoms with Crippen molar-refractivity contribution >= 4 is 28.8 Å². The van der Waals surface area contributed by atoms with Crippen molar-refractivity contribution in [2.45, 2.75) is 25.4 Å². The minimum Gasteiger partial charge on any atom is -0.458 e. The number of likely N-dealkylation sites (N-methyl/N-ethyl adjacent to an activating group) is 1. The summed E-state index contributed by atoms with van der Waals surface area (Å²) in [5.74, 6) is -0.507. The largest absolute Gasteiger partial charge is 0.458 e. The van der Waals surface area contributed by atoms with Crippen LogP contribution >= 0.6 is 0 Å². The average molecular weight is 405 g/mol. The zero-order chi connectivity index (χ0) is 21.5. The number of hydrogen-bond donors (Lipinski definition) is 1. The van der Waals surface area contributed by atoms with Gasteiger partial charge in [-0.3, -0.25) is 14.5 Å². The van der Waals surface area contributed by atoms with E-state index in [0.717, 1.165) is 15.8 Å². The molecule has 2 heterocycles. The maximum atomic E-state index is 13.1. The fourth-order valence-electron chi connectivity index (χ4n) is 3.65. The summed E-state index contributed by atoms with van der Waals surface area (Å²) in [6, 6.07) is 17.9. The van der Waals surface area contributed by atoms with Crippen LogP contribution in [0.25, 0.3) is 11.0 Å². The molecule has 1 aliphatic heterocycles. The van der Waals surface area contributed by atoms with Crippen molar-refractivity contribution in [1.82, 2.24) is 15.1 Å². The smallest absolute Gasteiger partial charge is 0.325 e. The first-order valence-electron chi connectivity index (χ1n) is 9.75. The van der Waals surface area contributed by atoms with Crippen LogP contribution in [0.5, 0.6) is 0 Å². The van der Waals surface area contributed by atoms with Crippen LogP contribution in [0.15, 0.2) is 65.1 Å². The predicted molar refractivity (Wildman–Crippen MR) is 111 cm³/mol. The Labute approximate surface area is 174 Å². The van der Waals surface area contributed by atoms with Gasteiger partial charge in [0.25, 0.3) is 5.91 Å². The molecule has 154 valence electrons. The first-order chi connectivity index (χ1) is 14.3. The standard InChI is InChI=1S/C23H23N3O4/c1-15(16-9-5-4-6-10-16)25(3)20(27)14-26-21(28)23(2,24-22(26)29)19-13-17-11-7-8-12-18(17)30-19/h4-13,15H,14H2,1-3H3,(H,24,29). The van der Waals surface area contributed by atoms with Crippen molar-refractivity contribution in [2.24, 2.45) is 0 Å². The minimum absolute atomic E-state index is 0.193. The Morgan fingerprint density at radius 2 is 1.80 bits per heavy atom. The van der Waals surface area contributed by atoms with Gasteiger partial charge in [0, 0.05) is 12.4 Å². The maximum Gasteiger partial charge on any atom is 0.325 e. The van der Waals surface area contributed by atoms with E-state index < -0.39 is 17.5 Å². The summed E-state index contributed by atoms with van der Waals surface area (Å²) in [5, 5.41) is 3.52. The number of amides is 4. The second kappa shape index (κ2) is 7.33. The molecular weight excluding hydrogens is 382 g/mol. The zero-order valence-corrected chi connectivity index (χ0v) is 17.1. The summed E-state index contributed by atoms with van der Waals surface area (Å²) in [4.78, 5) is 41.0. The van der Waals surface area contributed by atoms with Crippen LogP contribution in [0.1, 0.15) is 31.2 Å². The fraction of sp³-hybridized carbons (Fsp3) is 0.261. The number of para-hydroxylation sites is 1. The van der Waals surface area contributed by atoms with Gasteiger partial charge in [-0.25, -0.2) is 4.79 Å². The molecular formula is C23H23N3O4. The van der Waals surface area contributed by atoms with E-state index in [0.29, 0.717) is 11.3 Å². The van der Waals surface area contributed by atoms with Gasteiger partial charge < -0.3 is 14.6 Å². The second-order valence-electron chi connectivity index (χ2n) is 7.69. The van der Waals surface area contributed by atoms with E-state index in [-0.39, 0.29) is 18.5 Å². The summed E-state index contributed by atoms with van der Waals surface area (Å²) in [5.41, 5.74) is 0.236. The minimum atomic E-state index is -1.36. The third-order valence-electron chi connectivity index (χ3n) is 5.74. The Morgan fingerprint density at radius 1 is 1.13 bits per heavy atom. The van der Waals surface area contributed by atoms with E-state index in [9.17, 15) is 14.4 Å². The van der Waals surface area contributed by atoms with Crippen LogP contribution < -0.4 is 5.32 Å². The van der Waals surface area contributed by atoms with Gasteiger partial charge in [-0.15, -0.1) is 0 Å². The van der Waals surface area contributed by atoms with Crippen molar-refractivity contribution in [3.8, 4) is 0 Å². The molecule has 2 atom stereocenters. The Morgan fingerprint density at radius 3 is 2.50 bits per heavy atom. The number of nitrogens with one attached hydrogen (secondary N) is 1. The summed E-state index contributed by atoms with van der Waals surface area (Å²) in [6.45, 7) is 3.15. The Bertz CT molecular complexity index is 1090. The number of furan rings is 1. The average Bonchev–Trinajstić information content (AvgIpc) is 3.29. The van der Waals surface area contributed by atoms with Gasteiger partial charge in [0.05, 0.1) is 6.04 Å². The van der Waals surface area contributed by atoms with Gasteiger partial charge >= 0.3 is 6.03 Å². The lowest BCUT2D eigenvalue weighted by molar-refractivity contribution is -0.139. The van der Waals surface area contributed by atoms with Gasteiger partial charge in [0.1, 0.15) is 17.9 Å². The van der Waals surface area contributed by atoms with E-state index in [1.807, 2.05) is 55.5 Å². The molecule has 1 saturated heterocycles. The molecule has 4 amide bonds. The molecule has 0 bridgehead atoms. The van der Waals surface area contributed by atoms with Crippen LogP contribution in [-0.4, -0.2) is 41.2 Å². The second-order valence-corrected chi connectivity index (χ2v) is 7.69. The van der Waals surface area contributed by atoms with Crippen molar-refractivity contribution in [3.05, 3.63) is 72.0 Å². The number of fused-ring (bicyclic) bond motifs is 1. The highest BCUT2D eigenvalue weighted by Gasteiger charge is 2.52. The van der Waals surface area contributed by atoms with Crippen molar-refractivity contribution in [3.63, 3.8) is 0 Å². The molecule has 1 N–H and O–H groups in total. The van der Waals surface area contributed by atoms with Gasteiger partial charge in [-0.1, -0.05) is 48.5 Å². The summed E-state index contributed by atoms with van der Waals surface area (Å²) in [7, 11) is 1.66. The molecule has 4 rings (SSSR count). The Balaban J connectivity index is 1.53. The van der Waals surface area contributed by atoms with E-state index in [1.54, 1.807) is 26.1 Å². The lowest BCUT2D eigenvalue weighted by atomic mass is 9.99. The molecule has 0 radical (unpaired) electrons. The monoisotopic (exact) mass is 405 g/mol. The van der Waals surface area contributed by atoms with Gasteiger partial charge in [-0.05, 0) is 31.5 Å². The molecule has 0 spiro atoms. The molecule has 1 fully saturated rings. The molecule has 7 nitrogen and oxygen atoms in total. The van der Waals surface area contributed by atoms with E-state index in [1.165, 1.54) is 4.90 Å². The maximum absolute atomic E-state index is 13.1.